The van der Waals surface area contributed by atoms with Crippen molar-refractivity contribution in [2.45, 2.75) is 59.4 Å². The summed E-state index contributed by atoms with van der Waals surface area (Å²) < 4.78 is 0. The number of rotatable bonds is 2. The maximum Gasteiger partial charge on any atom is 0.331 e. The Morgan fingerprint density at radius 1 is 1.20 bits per heavy atom. The summed E-state index contributed by atoms with van der Waals surface area (Å²) in [5.74, 6) is -1.64. The fraction of sp³-hybridized carbons (Fsp3) is 0.800. The van der Waals surface area contributed by atoms with Gasteiger partial charge in [-0.3, -0.25) is 19.8 Å². The van der Waals surface area contributed by atoms with Crippen LogP contribution in [0.15, 0.2) is 0 Å². The number of nitrogens with zero attached hydrogens (tertiary/aromatic N) is 1. The molecule has 1 aliphatic carbocycles. The van der Waals surface area contributed by atoms with Crippen molar-refractivity contribution in [1.82, 2.24) is 10.2 Å². The van der Waals surface area contributed by atoms with Crippen LogP contribution in [0.4, 0.5) is 4.79 Å². The standard InChI is InChI=1S/C15H24N2O3/c1-9(2)11-12(18)16-14(20)17(13(11)19)10-7-5-6-8-15(10,3)4/h9-11H,5-8H2,1-4H3,(H,16,18,20). The quantitative estimate of drug-likeness (QED) is 0.789. The average molecular weight is 280 g/mol. The van der Waals surface area contributed by atoms with Gasteiger partial charge in [-0.05, 0) is 24.2 Å². The molecule has 4 amide bonds. The van der Waals surface area contributed by atoms with Gasteiger partial charge in [0, 0.05) is 6.04 Å². The number of imide groups is 2. The molecule has 0 aromatic rings. The molecule has 2 atom stereocenters. The summed E-state index contributed by atoms with van der Waals surface area (Å²) in [6, 6.07) is -0.657. The first kappa shape index (κ1) is 15.0. The predicted molar refractivity (Wildman–Crippen MR) is 74.7 cm³/mol. The Hall–Kier alpha value is -1.39. The van der Waals surface area contributed by atoms with E-state index in [0.29, 0.717) is 0 Å². The van der Waals surface area contributed by atoms with Crippen molar-refractivity contribution in [3.8, 4) is 0 Å². The first-order valence-electron chi connectivity index (χ1n) is 7.43. The van der Waals surface area contributed by atoms with E-state index in [-0.39, 0.29) is 23.3 Å². The van der Waals surface area contributed by atoms with Gasteiger partial charge in [-0.1, -0.05) is 40.5 Å². The van der Waals surface area contributed by atoms with E-state index >= 15 is 0 Å². The Balaban J connectivity index is 2.31. The van der Waals surface area contributed by atoms with Crippen molar-refractivity contribution in [2.24, 2.45) is 17.3 Å². The van der Waals surface area contributed by atoms with Crippen LogP contribution in [0.5, 0.6) is 0 Å². The van der Waals surface area contributed by atoms with Crippen LogP contribution in [-0.2, 0) is 9.59 Å². The largest absolute Gasteiger partial charge is 0.331 e. The minimum Gasteiger partial charge on any atom is -0.277 e. The molecule has 5 heteroatoms. The molecule has 2 fully saturated rings. The van der Waals surface area contributed by atoms with Crippen LogP contribution in [0.3, 0.4) is 0 Å². The van der Waals surface area contributed by atoms with E-state index in [9.17, 15) is 14.4 Å². The molecule has 2 aliphatic rings. The van der Waals surface area contributed by atoms with Crippen molar-refractivity contribution in [3.63, 3.8) is 0 Å². The zero-order valence-corrected chi connectivity index (χ0v) is 12.7. The minimum atomic E-state index is -0.745. The van der Waals surface area contributed by atoms with E-state index in [2.05, 4.69) is 19.2 Å². The second kappa shape index (κ2) is 5.19. The van der Waals surface area contributed by atoms with Crippen molar-refractivity contribution in [1.29, 1.82) is 0 Å². The first-order chi connectivity index (χ1) is 9.25. The molecule has 2 rings (SSSR count). The fourth-order valence-corrected chi connectivity index (χ4v) is 3.44. The van der Waals surface area contributed by atoms with E-state index in [1.165, 1.54) is 4.90 Å². The van der Waals surface area contributed by atoms with Crippen LogP contribution in [0.25, 0.3) is 0 Å². The molecule has 1 saturated carbocycles. The summed E-state index contributed by atoms with van der Waals surface area (Å²) >= 11 is 0. The molecule has 5 nitrogen and oxygen atoms in total. The monoisotopic (exact) mass is 280 g/mol. The van der Waals surface area contributed by atoms with Crippen molar-refractivity contribution >= 4 is 17.8 Å². The molecule has 20 heavy (non-hydrogen) atoms. The summed E-state index contributed by atoms with van der Waals surface area (Å²) in [5.41, 5.74) is -0.0901. The van der Waals surface area contributed by atoms with Crippen molar-refractivity contribution in [2.75, 3.05) is 0 Å². The summed E-state index contributed by atoms with van der Waals surface area (Å²) in [6.45, 7) is 7.86. The molecular weight excluding hydrogens is 256 g/mol. The van der Waals surface area contributed by atoms with Crippen molar-refractivity contribution < 1.29 is 14.4 Å². The summed E-state index contributed by atoms with van der Waals surface area (Å²) in [6.07, 6.45) is 3.96. The van der Waals surface area contributed by atoms with E-state index in [1.54, 1.807) is 0 Å². The average Bonchev–Trinajstić information content (AvgIpc) is 2.29. The second-order valence-electron chi connectivity index (χ2n) is 6.97. The molecule has 112 valence electrons. The smallest absolute Gasteiger partial charge is 0.277 e. The van der Waals surface area contributed by atoms with E-state index in [0.717, 1.165) is 25.7 Å². The lowest BCUT2D eigenvalue weighted by Crippen LogP contribution is -2.64. The Labute approximate surface area is 120 Å². The maximum absolute atomic E-state index is 12.6. The van der Waals surface area contributed by atoms with Gasteiger partial charge in [0.1, 0.15) is 5.92 Å². The third-order valence-electron chi connectivity index (χ3n) is 4.66. The first-order valence-corrected chi connectivity index (χ1v) is 7.43. The lowest BCUT2D eigenvalue weighted by Gasteiger charge is -2.46. The third kappa shape index (κ3) is 2.45. The predicted octanol–water partition coefficient (Wildman–Crippen LogP) is 2.31. The minimum absolute atomic E-state index is 0.0901. The van der Waals surface area contributed by atoms with Crippen LogP contribution in [0.1, 0.15) is 53.4 Å². The molecule has 0 spiro atoms. The number of carbonyl (C=O) groups is 3. The van der Waals surface area contributed by atoms with E-state index < -0.39 is 17.9 Å². The molecule has 1 saturated heterocycles. The summed E-state index contributed by atoms with van der Waals surface area (Å²) in [4.78, 5) is 38.0. The molecule has 0 radical (unpaired) electrons. The normalized spacial score (nSPS) is 30.6. The van der Waals surface area contributed by atoms with Crippen molar-refractivity contribution in [3.05, 3.63) is 0 Å². The van der Waals surface area contributed by atoms with Gasteiger partial charge in [0.2, 0.25) is 11.8 Å². The molecule has 1 heterocycles. The molecule has 0 aromatic carbocycles. The van der Waals surface area contributed by atoms with Gasteiger partial charge in [-0.15, -0.1) is 0 Å². The third-order valence-corrected chi connectivity index (χ3v) is 4.66. The molecular formula is C15H24N2O3. The van der Waals surface area contributed by atoms with Crippen LogP contribution < -0.4 is 5.32 Å². The van der Waals surface area contributed by atoms with E-state index in [4.69, 9.17) is 0 Å². The number of nitrogens with one attached hydrogen (secondary N) is 1. The highest BCUT2D eigenvalue weighted by Crippen LogP contribution is 2.40. The number of hydrogen-bond donors (Lipinski definition) is 1. The molecule has 0 aromatic heterocycles. The Morgan fingerprint density at radius 2 is 1.85 bits per heavy atom. The SMILES string of the molecule is CC(C)C1C(=O)NC(=O)N(C2CCCCC2(C)C)C1=O. The topological polar surface area (TPSA) is 66.5 Å². The summed E-state index contributed by atoms with van der Waals surface area (Å²) in [5, 5.41) is 2.35. The lowest BCUT2D eigenvalue weighted by atomic mass is 9.72. The van der Waals surface area contributed by atoms with Crippen LogP contribution in [-0.4, -0.2) is 28.8 Å². The van der Waals surface area contributed by atoms with Gasteiger partial charge in [0.15, 0.2) is 0 Å². The number of urea groups is 1. The Bertz CT molecular complexity index is 442. The number of hydrogen-bond acceptors (Lipinski definition) is 3. The van der Waals surface area contributed by atoms with Gasteiger partial charge in [0.25, 0.3) is 0 Å². The van der Waals surface area contributed by atoms with Gasteiger partial charge in [-0.2, -0.15) is 0 Å². The fourth-order valence-electron chi connectivity index (χ4n) is 3.44. The molecule has 1 N–H and O–H groups in total. The summed E-state index contributed by atoms with van der Waals surface area (Å²) in [7, 11) is 0. The number of amides is 4. The van der Waals surface area contributed by atoms with Crippen LogP contribution >= 0.6 is 0 Å². The van der Waals surface area contributed by atoms with Gasteiger partial charge >= 0.3 is 6.03 Å². The zero-order chi connectivity index (χ0) is 15.1. The number of carbonyl (C=O) groups excluding carboxylic acids is 3. The highest BCUT2D eigenvalue weighted by atomic mass is 16.2. The Morgan fingerprint density at radius 3 is 2.40 bits per heavy atom. The van der Waals surface area contributed by atoms with Crippen LogP contribution in [0, 0.1) is 17.3 Å². The second-order valence-corrected chi connectivity index (χ2v) is 6.97. The van der Waals surface area contributed by atoms with Crippen LogP contribution in [0.2, 0.25) is 0 Å². The number of barbiturate groups is 1. The molecule has 0 bridgehead atoms. The zero-order valence-electron chi connectivity index (χ0n) is 12.7. The highest BCUT2D eigenvalue weighted by molar-refractivity contribution is 6.16. The Kier molecular flexibility index (Phi) is 3.89. The molecule has 1 aliphatic heterocycles. The highest BCUT2D eigenvalue weighted by Gasteiger charge is 2.48. The van der Waals surface area contributed by atoms with E-state index in [1.807, 2.05) is 13.8 Å². The van der Waals surface area contributed by atoms with Gasteiger partial charge < -0.3 is 0 Å². The lowest BCUT2D eigenvalue weighted by molar-refractivity contribution is -0.148. The maximum atomic E-state index is 12.6. The van der Waals surface area contributed by atoms with Gasteiger partial charge in [0.05, 0.1) is 0 Å². The van der Waals surface area contributed by atoms with Gasteiger partial charge in [-0.25, -0.2) is 4.79 Å². The molecule has 2 unspecified atom stereocenters.